The minimum Gasteiger partial charge on any atom is -0.354 e. The molecule has 8 heteroatoms. The predicted octanol–water partition coefficient (Wildman–Crippen LogP) is 2.47. The fourth-order valence-corrected chi connectivity index (χ4v) is 3.27. The monoisotopic (exact) mass is 421 g/mol. The van der Waals surface area contributed by atoms with Gasteiger partial charge in [0.05, 0.1) is 5.56 Å². The van der Waals surface area contributed by atoms with E-state index in [2.05, 4.69) is 21.2 Å². The molecule has 1 aliphatic rings. The van der Waals surface area contributed by atoms with Crippen molar-refractivity contribution in [1.29, 1.82) is 0 Å². The molecule has 1 heterocycles. The van der Waals surface area contributed by atoms with Gasteiger partial charge < -0.3 is 16.0 Å². The van der Waals surface area contributed by atoms with E-state index >= 15 is 0 Å². The van der Waals surface area contributed by atoms with E-state index in [1.54, 1.807) is 4.90 Å². The van der Waals surface area contributed by atoms with Gasteiger partial charge in [-0.2, -0.15) is 0 Å². The maximum atomic E-state index is 13.2. The number of amides is 2. The summed E-state index contributed by atoms with van der Waals surface area (Å²) in [5, 5.41) is 2.83. The van der Waals surface area contributed by atoms with Gasteiger partial charge in [-0.05, 0) is 53.4 Å². The summed E-state index contributed by atoms with van der Waals surface area (Å²) in [6, 6.07) is 4.00. The number of halogens is 3. The molecule has 0 spiro atoms. The van der Waals surface area contributed by atoms with E-state index in [1.165, 1.54) is 18.2 Å². The van der Waals surface area contributed by atoms with Crippen LogP contribution in [-0.2, 0) is 4.79 Å². The van der Waals surface area contributed by atoms with Gasteiger partial charge in [-0.15, -0.1) is 12.4 Å². The third-order valence-electron chi connectivity index (χ3n) is 3.96. The van der Waals surface area contributed by atoms with Crippen LogP contribution in [0.1, 0.15) is 36.0 Å². The van der Waals surface area contributed by atoms with E-state index in [4.69, 9.17) is 5.73 Å². The molecule has 3 N–H and O–H groups in total. The van der Waals surface area contributed by atoms with Crippen LogP contribution in [0.15, 0.2) is 22.7 Å². The van der Waals surface area contributed by atoms with E-state index in [0.29, 0.717) is 29.7 Å². The Kier molecular flexibility index (Phi) is 8.66. The van der Waals surface area contributed by atoms with Crippen molar-refractivity contribution in [3.05, 3.63) is 34.1 Å². The van der Waals surface area contributed by atoms with Gasteiger partial charge in [0, 0.05) is 36.6 Å². The number of carbonyl (C=O) groups excluding carboxylic acids is 2. The second kappa shape index (κ2) is 9.96. The average Bonchev–Trinajstić information content (AvgIpc) is 2.53. The Labute approximate surface area is 155 Å². The third kappa shape index (κ3) is 5.43. The molecular weight excluding hydrogens is 401 g/mol. The van der Waals surface area contributed by atoms with E-state index in [-0.39, 0.29) is 36.7 Å². The molecule has 0 bridgehead atoms. The number of rotatable bonds is 5. The number of likely N-dealkylation sites (tertiary alicyclic amines) is 1. The molecule has 1 aliphatic heterocycles. The zero-order chi connectivity index (χ0) is 16.8. The SMILES string of the molecule is Cl.NCCC(=O)NCC1CCCCN1C(=O)c1ccc(F)cc1Br. The normalized spacial score (nSPS) is 17.1. The van der Waals surface area contributed by atoms with Crippen LogP contribution in [0.5, 0.6) is 0 Å². The molecule has 1 unspecified atom stereocenters. The number of nitrogens with zero attached hydrogens (tertiary/aromatic N) is 1. The molecule has 0 radical (unpaired) electrons. The van der Waals surface area contributed by atoms with Crippen molar-refractivity contribution in [2.75, 3.05) is 19.6 Å². The molecule has 0 aromatic heterocycles. The summed E-state index contributed by atoms with van der Waals surface area (Å²) < 4.78 is 13.6. The van der Waals surface area contributed by atoms with E-state index in [0.717, 1.165) is 19.3 Å². The van der Waals surface area contributed by atoms with Crippen LogP contribution in [-0.4, -0.2) is 42.4 Å². The minimum atomic E-state index is -0.391. The molecule has 24 heavy (non-hydrogen) atoms. The molecule has 1 saturated heterocycles. The molecular formula is C16H22BrClFN3O2. The average molecular weight is 423 g/mol. The molecule has 2 rings (SSSR count). The van der Waals surface area contributed by atoms with Gasteiger partial charge in [0.2, 0.25) is 5.91 Å². The lowest BCUT2D eigenvalue weighted by Gasteiger charge is -2.36. The van der Waals surface area contributed by atoms with Crippen LogP contribution in [0.3, 0.4) is 0 Å². The second-order valence-corrected chi connectivity index (χ2v) is 6.47. The van der Waals surface area contributed by atoms with Gasteiger partial charge in [-0.3, -0.25) is 9.59 Å². The van der Waals surface area contributed by atoms with Crippen molar-refractivity contribution in [2.24, 2.45) is 5.73 Å². The standard InChI is InChI=1S/C16H21BrFN3O2.ClH/c17-14-9-11(18)4-5-13(14)16(23)21-8-2-1-3-12(21)10-20-15(22)6-7-19;/h4-5,9,12H,1-3,6-8,10,19H2,(H,20,22);1H. The zero-order valence-electron chi connectivity index (χ0n) is 13.3. The number of hydrogen-bond acceptors (Lipinski definition) is 3. The first-order valence-corrected chi connectivity index (χ1v) is 8.55. The highest BCUT2D eigenvalue weighted by atomic mass is 79.9. The van der Waals surface area contributed by atoms with Gasteiger partial charge in [-0.25, -0.2) is 4.39 Å². The van der Waals surface area contributed by atoms with Crippen LogP contribution >= 0.6 is 28.3 Å². The largest absolute Gasteiger partial charge is 0.354 e. The van der Waals surface area contributed by atoms with E-state index in [9.17, 15) is 14.0 Å². The van der Waals surface area contributed by atoms with Gasteiger partial charge in [0.25, 0.3) is 5.91 Å². The summed E-state index contributed by atoms with van der Waals surface area (Å²) in [6.07, 6.45) is 3.07. The summed E-state index contributed by atoms with van der Waals surface area (Å²) in [7, 11) is 0. The molecule has 1 atom stereocenters. The van der Waals surface area contributed by atoms with E-state index in [1.807, 2.05) is 0 Å². The van der Waals surface area contributed by atoms with Gasteiger partial charge in [-0.1, -0.05) is 0 Å². The van der Waals surface area contributed by atoms with Crippen molar-refractivity contribution >= 4 is 40.2 Å². The summed E-state index contributed by atoms with van der Waals surface area (Å²) >= 11 is 3.25. The van der Waals surface area contributed by atoms with E-state index < -0.39 is 5.82 Å². The Morgan fingerprint density at radius 3 is 2.79 bits per heavy atom. The fourth-order valence-electron chi connectivity index (χ4n) is 2.75. The Bertz CT molecular complexity index is 588. The quantitative estimate of drug-likeness (QED) is 0.765. The second-order valence-electron chi connectivity index (χ2n) is 5.62. The minimum absolute atomic E-state index is 0. The lowest BCUT2D eigenvalue weighted by atomic mass is 10.0. The first kappa shape index (κ1) is 20.9. The van der Waals surface area contributed by atoms with Crippen molar-refractivity contribution in [1.82, 2.24) is 10.2 Å². The Morgan fingerprint density at radius 1 is 1.38 bits per heavy atom. The predicted molar refractivity (Wildman–Crippen MR) is 96.7 cm³/mol. The summed E-state index contributed by atoms with van der Waals surface area (Å²) in [5.41, 5.74) is 5.79. The highest BCUT2D eigenvalue weighted by molar-refractivity contribution is 9.10. The number of nitrogens with one attached hydrogen (secondary N) is 1. The van der Waals surface area contributed by atoms with Crippen LogP contribution in [0.4, 0.5) is 4.39 Å². The fraction of sp³-hybridized carbons (Fsp3) is 0.500. The summed E-state index contributed by atoms with van der Waals surface area (Å²) in [4.78, 5) is 26.1. The molecule has 134 valence electrons. The van der Waals surface area contributed by atoms with Crippen LogP contribution < -0.4 is 11.1 Å². The maximum absolute atomic E-state index is 13.2. The third-order valence-corrected chi connectivity index (χ3v) is 4.61. The Balaban J connectivity index is 0.00000288. The Morgan fingerprint density at radius 2 is 2.12 bits per heavy atom. The highest BCUT2D eigenvalue weighted by Gasteiger charge is 2.28. The van der Waals surface area contributed by atoms with Crippen molar-refractivity contribution in [3.8, 4) is 0 Å². The number of hydrogen-bond donors (Lipinski definition) is 2. The van der Waals surface area contributed by atoms with Gasteiger partial charge in [0.15, 0.2) is 0 Å². The first-order valence-electron chi connectivity index (χ1n) is 7.75. The molecule has 1 fully saturated rings. The highest BCUT2D eigenvalue weighted by Crippen LogP contribution is 2.24. The molecule has 0 aliphatic carbocycles. The number of piperidine rings is 1. The number of benzene rings is 1. The zero-order valence-corrected chi connectivity index (χ0v) is 15.7. The summed E-state index contributed by atoms with van der Waals surface area (Å²) in [6.45, 7) is 1.37. The molecule has 0 saturated carbocycles. The topological polar surface area (TPSA) is 75.4 Å². The number of carbonyl (C=O) groups is 2. The maximum Gasteiger partial charge on any atom is 0.255 e. The lowest BCUT2D eigenvalue weighted by molar-refractivity contribution is -0.121. The summed E-state index contributed by atoms with van der Waals surface area (Å²) in [5.74, 6) is -0.638. The Hall–Kier alpha value is -1.18. The van der Waals surface area contributed by atoms with Crippen LogP contribution in [0.25, 0.3) is 0 Å². The first-order chi connectivity index (χ1) is 11.0. The molecule has 5 nitrogen and oxygen atoms in total. The lowest BCUT2D eigenvalue weighted by Crippen LogP contribution is -2.49. The van der Waals surface area contributed by atoms with Crippen molar-refractivity contribution in [2.45, 2.75) is 31.7 Å². The van der Waals surface area contributed by atoms with Crippen molar-refractivity contribution < 1.29 is 14.0 Å². The van der Waals surface area contributed by atoms with Crippen molar-refractivity contribution in [3.63, 3.8) is 0 Å². The molecule has 2 amide bonds. The smallest absolute Gasteiger partial charge is 0.255 e. The molecule has 1 aromatic carbocycles. The van der Waals surface area contributed by atoms with Crippen LogP contribution in [0, 0.1) is 5.82 Å². The number of nitrogens with two attached hydrogens (primary N) is 1. The van der Waals surface area contributed by atoms with Gasteiger partial charge in [0.1, 0.15) is 5.82 Å². The van der Waals surface area contributed by atoms with Crippen LogP contribution in [0.2, 0.25) is 0 Å². The van der Waals surface area contributed by atoms with Gasteiger partial charge >= 0.3 is 0 Å². The molecule has 1 aromatic rings.